The summed E-state index contributed by atoms with van der Waals surface area (Å²) in [7, 11) is 0. The van der Waals surface area contributed by atoms with Crippen molar-refractivity contribution in [3.8, 4) is 11.4 Å². The molecule has 0 saturated heterocycles. The molecule has 132 valence electrons. The minimum Gasteiger partial charge on any atom is -0.342 e. The van der Waals surface area contributed by atoms with Crippen molar-refractivity contribution in [2.24, 2.45) is 23.2 Å². The van der Waals surface area contributed by atoms with Crippen LogP contribution < -0.4 is 0 Å². The Morgan fingerprint density at radius 1 is 1.04 bits per heavy atom. The van der Waals surface area contributed by atoms with E-state index in [0.29, 0.717) is 15.5 Å². The van der Waals surface area contributed by atoms with Gasteiger partial charge in [-0.1, -0.05) is 29.3 Å². The third-order valence-electron chi connectivity index (χ3n) is 6.92. The van der Waals surface area contributed by atoms with Crippen molar-refractivity contribution in [2.75, 3.05) is 0 Å². The summed E-state index contributed by atoms with van der Waals surface area (Å²) < 4.78 is 0. The number of hydrogen-bond donors (Lipinski definition) is 1. The number of H-pyrrole nitrogens is 1. The first kappa shape index (κ1) is 16.2. The second-order valence-corrected chi connectivity index (χ2v) is 9.56. The number of rotatable bonds is 4. The summed E-state index contributed by atoms with van der Waals surface area (Å²) in [5.74, 6) is 3.89. The van der Waals surface area contributed by atoms with Gasteiger partial charge < -0.3 is 4.98 Å². The summed E-state index contributed by atoms with van der Waals surface area (Å²) in [5.41, 5.74) is 2.73. The van der Waals surface area contributed by atoms with Gasteiger partial charge in [-0.3, -0.25) is 0 Å². The predicted octanol–water partition coefficient (Wildman–Crippen LogP) is 6.53. The van der Waals surface area contributed by atoms with Gasteiger partial charge in [0, 0.05) is 17.5 Å². The number of imidazole rings is 1. The second kappa shape index (κ2) is 6.03. The number of hydrogen-bond acceptors (Lipinski definition) is 1. The summed E-state index contributed by atoms with van der Waals surface area (Å²) >= 11 is 12.5. The van der Waals surface area contributed by atoms with Gasteiger partial charge in [-0.2, -0.15) is 0 Å². The average molecular weight is 375 g/mol. The summed E-state index contributed by atoms with van der Waals surface area (Å²) in [6.45, 7) is 0. The van der Waals surface area contributed by atoms with Crippen LogP contribution in [0.5, 0.6) is 0 Å². The first-order valence-corrected chi connectivity index (χ1v) is 10.3. The molecule has 4 fully saturated rings. The van der Waals surface area contributed by atoms with Gasteiger partial charge in [0.1, 0.15) is 5.82 Å². The van der Waals surface area contributed by atoms with Gasteiger partial charge in [-0.15, -0.1) is 0 Å². The molecule has 0 unspecified atom stereocenters. The fourth-order valence-corrected chi connectivity index (χ4v) is 6.70. The van der Waals surface area contributed by atoms with E-state index < -0.39 is 0 Å². The van der Waals surface area contributed by atoms with Crippen LogP contribution in [-0.4, -0.2) is 9.97 Å². The Bertz CT molecular complexity index is 760. The Hall–Kier alpha value is -0.990. The minimum absolute atomic E-state index is 0.575. The molecule has 1 aromatic heterocycles. The van der Waals surface area contributed by atoms with Crippen LogP contribution in [0.25, 0.3) is 11.4 Å². The lowest BCUT2D eigenvalue weighted by Crippen LogP contribution is -2.46. The topological polar surface area (TPSA) is 28.7 Å². The molecule has 0 aliphatic heterocycles. The molecule has 1 heterocycles. The molecule has 2 nitrogen and oxygen atoms in total. The van der Waals surface area contributed by atoms with E-state index in [2.05, 4.69) is 9.97 Å². The van der Waals surface area contributed by atoms with Crippen LogP contribution in [0.15, 0.2) is 24.4 Å². The first-order chi connectivity index (χ1) is 12.1. The van der Waals surface area contributed by atoms with Crippen LogP contribution in [-0.2, 0) is 6.42 Å². The maximum Gasteiger partial charge on any atom is 0.139 e. The smallest absolute Gasteiger partial charge is 0.139 e. The first-order valence-electron chi connectivity index (χ1n) is 9.58. The number of halogens is 2. The van der Waals surface area contributed by atoms with E-state index >= 15 is 0 Å². The third-order valence-corrected chi connectivity index (χ3v) is 7.74. The molecular weight excluding hydrogens is 351 g/mol. The quantitative estimate of drug-likeness (QED) is 0.646. The number of aromatic amines is 1. The molecule has 0 amide bonds. The number of aromatic nitrogens is 2. The zero-order valence-electron chi connectivity index (χ0n) is 14.4. The Balaban J connectivity index is 1.31. The molecule has 1 N–H and O–H groups in total. The van der Waals surface area contributed by atoms with E-state index in [9.17, 15) is 0 Å². The normalized spacial score (nSPS) is 33.1. The van der Waals surface area contributed by atoms with E-state index in [1.165, 1.54) is 50.6 Å². The highest BCUT2D eigenvalue weighted by Gasteiger charge is 2.50. The van der Waals surface area contributed by atoms with E-state index in [1.54, 1.807) is 0 Å². The number of aryl methyl sites for hydroxylation is 1. The van der Waals surface area contributed by atoms with Crippen LogP contribution in [0, 0.1) is 23.2 Å². The molecule has 4 saturated carbocycles. The lowest BCUT2D eigenvalue weighted by Gasteiger charge is -2.57. The van der Waals surface area contributed by atoms with Crippen molar-refractivity contribution >= 4 is 23.2 Å². The van der Waals surface area contributed by atoms with Crippen molar-refractivity contribution in [3.63, 3.8) is 0 Å². The van der Waals surface area contributed by atoms with Crippen molar-refractivity contribution < 1.29 is 0 Å². The molecule has 0 atom stereocenters. The highest BCUT2D eigenvalue weighted by Crippen LogP contribution is 2.61. The zero-order valence-corrected chi connectivity index (χ0v) is 15.9. The van der Waals surface area contributed by atoms with Gasteiger partial charge in [0.2, 0.25) is 0 Å². The Morgan fingerprint density at radius 2 is 1.72 bits per heavy atom. The SMILES string of the molecule is Clc1cccc(-c2ncc(CCC34CC5CC(CC(C5)C3)C4)[nH]2)c1Cl. The van der Waals surface area contributed by atoms with Gasteiger partial charge in [-0.25, -0.2) is 4.98 Å². The molecule has 6 rings (SSSR count). The van der Waals surface area contributed by atoms with Gasteiger partial charge in [0.25, 0.3) is 0 Å². The summed E-state index contributed by atoms with van der Waals surface area (Å²) in [6.07, 6.45) is 13.3. The van der Waals surface area contributed by atoms with E-state index in [1.807, 2.05) is 24.4 Å². The summed E-state index contributed by atoms with van der Waals surface area (Å²) in [6, 6.07) is 5.70. The molecule has 4 heteroatoms. The van der Waals surface area contributed by atoms with Crippen LogP contribution >= 0.6 is 23.2 Å². The van der Waals surface area contributed by atoms with Crippen LogP contribution in [0.1, 0.15) is 50.6 Å². The second-order valence-electron chi connectivity index (χ2n) is 8.78. The van der Waals surface area contributed by atoms with Gasteiger partial charge in [-0.05, 0) is 86.7 Å². The van der Waals surface area contributed by atoms with Gasteiger partial charge in [0.15, 0.2) is 0 Å². The molecule has 25 heavy (non-hydrogen) atoms. The molecule has 1 aromatic carbocycles. The van der Waals surface area contributed by atoms with Crippen molar-refractivity contribution in [1.29, 1.82) is 0 Å². The lowest BCUT2D eigenvalue weighted by atomic mass is 9.48. The standard InChI is InChI=1S/C21H24Cl2N2/c22-18-3-1-2-17(19(18)23)20-24-12-16(25-20)4-5-21-9-13-6-14(10-21)8-15(7-13)11-21/h1-3,12-15H,4-11H2,(H,24,25). The van der Waals surface area contributed by atoms with E-state index in [4.69, 9.17) is 23.2 Å². The monoisotopic (exact) mass is 374 g/mol. The molecule has 4 aliphatic rings. The molecule has 2 aromatic rings. The largest absolute Gasteiger partial charge is 0.342 e. The minimum atomic E-state index is 0.575. The highest BCUT2D eigenvalue weighted by atomic mass is 35.5. The number of nitrogens with one attached hydrogen (secondary N) is 1. The Kier molecular flexibility index (Phi) is 3.91. The van der Waals surface area contributed by atoms with E-state index in [-0.39, 0.29) is 0 Å². The average Bonchev–Trinajstić information content (AvgIpc) is 3.03. The van der Waals surface area contributed by atoms with Crippen molar-refractivity contribution in [2.45, 2.75) is 51.4 Å². The molecule has 0 radical (unpaired) electrons. The predicted molar refractivity (Wildman–Crippen MR) is 103 cm³/mol. The lowest BCUT2D eigenvalue weighted by molar-refractivity contribution is -0.0570. The Morgan fingerprint density at radius 3 is 2.40 bits per heavy atom. The zero-order chi connectivity index (χ0) is 17.0. The van der Waals surface area contributed by atoms with Crippen LogP contribution in [0.3, 0.4) is 0 Å². The molecular formula is C21H24Cl2N2. The van der Waals surface area contributed by atoms with Crippen molar-refractivity contribution in [3.05, 3.63) is 40.1 Å². The maximum atomic E-state index is 6.33. The summed E-state index contributed by atoms with van der Waals surface area (Å²) in [4.78, 5) is 8.03. The fraction of sp³-hybridized carbons (Fsp3) is 0.571. The summed E-state index contributed by atoms with van der Waals surface area (Å²) in [5, 5.41) is 1.15. The Labute approximate surface area is 159 Å². The number of nitrogens with zero attached hydrogens (tertiary/aromatic N) is 1. The van der Waals surface area contributed by atoms with Crippen LogP contribution in [0.4, 0.5) is 0 Å². The highest BCUT2D eigenvalue weighted by molar-refractivity contribution is 6.43. The molecule has 0 spiro atoms. The van der Waals surface area contributed by atoms with Gasteiger partial charge in [0.05, 0.1) is 10.0 Å². The van der Waals surface area contributed by atoms with Crippen LogP contribution in [0.2, 0.25) is 10.0 Å². The van der Waals surface area contributed by atoms with Gasteiger partial charge >= 0.3 is 0 Å². The maximum absolute atomic E-state index is 6.33. The van der Waals surface area contributed by atoms with Crippen molar-refractivity contribution in [1.82, 2.24) is 9.97 Å². The fourth-order valence-electron chi connectivity index (χ4n) is 6.31. The van der Waals surface area contributed by atoms with E-state index in [0.717, 1.165) is 35.6 Å². The molecule has 4 bridgehead atoms. The molecule has 4 aliphatic carbocycles. The third kappa shape index (κ3) is 2.92. The number of benzene rings is 1.